The Morgan fingerprint density at radius 2 is 1.92 bits per heavy atom. The number of nitrogens with one attached hydrogen (secondary N) is 1. The molecule has 7 nitrogen and oxygen atoms in total. The third kappa shape index (κ3) is 6.13. The molecule has 0 spiro atoms. The lowest BCUT2D eigenvalue weighted by Crippen LogP contribution is -2.43. The van der Waals surface area contributed by atoms with E-state index in [-0.39, 0.29) is 41.5 Å². The summed E-state index contributed by atoms with van der Waals surface area (Å²) in [6.07, 6.45) is -8.38. The molecule has 0 bridgehead atoms. The lowest BCUT2D eigenvalue weighted by atomic mass is 9.90. The summed E-state index contributed by atoms with van der Waals surface area (Å²) in [4.78, 5) is 18.9. The van der Waals surface area contributed by atoms with E-state index >= 15 is 0 Å². The molecule has 1 amide bonds. The number of anilines is 1. The molecule has 2 unspecified atom stereocenters. The molecule has 0 radical (unpaired) electrons. The molecule has 1 aromatic heterocycles. The van der Waals surface area contributed by atoms with Crippen LogP contribution in [0, 0.1) is 17.2 Å². The summed E-state index contributed by atoms with van der Waals surface area (Å²) in [6.45, 7) is 2.55. The fourth-order valence-corrected chi connectivity index (χ4v) is 4.34. The van der Waals surface area contributed by atoms with Gasteiger partial charge in [0.2, 0.25) is 5.91 Å². The zero-order chi connectivity index (χ0) is 27.7. The number of benzene rings is 2. The molecule has 1 N–H and O–H groups in total. The molecule has 1 fully saturated rings. The van der Waals surface area contributed by atoms with Crippen LogP contribution in [0.5, 0.6) is 0 Å². The number of piperidine rings is 1. The maximum atomic E-state index is 13.3. The van der Waals surface area contributed by atoms with Crippen LogP contribution in [0.25, 0.3) is 11.5 Å². The van der Waals surface area contributed by atoms with Gasteiger partial charge in [-0.05, 0) is 62.7 Å². The molecule has 1 aliphatic heterocycles. The first kappa shape index (κ1) is 27.1. The molecule has 1 saturated heterocycles. The lowest BCUT2D eigenvalue weighted by Gasteiger charge is -2.36. The number of halogens is 6. The van der Waals surface area contributed by atoms with Crippen molar-refractivity contribution in [3.05, 3.63) is 65.0 Å². The maximum Gasteiger partial charge on any atom is 0.417 e. The molecule has 13 heteroatoms. The van der Waals surface area contributed by atoms with Crippen LogP contribution in [0.2, 0.25) is 0 Å². The summed E-state index contributed by atoms with van der Waals surface area (Å²) in [5.74, 6) is -0.690. The monoisotopic (exact) mass is 537 g/mol. The van der Waals surface area contributed by atoms with E-state index < -0.39 is 35.0 Å². The topological polar surface area (TPSA) is 95.0 Å². The Hall–Kier alpha value is -3.92. The Balaban J connectivity index is 1.38. The van der Waals surface area contributed by atoms with E-state index in [1.165, 1.54) is 24.3 Å². The van der Waals surface area contributed by atoms with E-state index in [4.69, 9.17) is 9.78 Å². The van der Waals surface area contributed by atoms with Crippen molar-refractivity contribution in [3.8, 4) is 17.5 Å². The minimum Gasteiger partial charge on any atom is -0.334 e. The van der Waals surface area contributed by atoms with Crippen molar-refractivity contribution in [3.63, 3.8) is 0 Å². The number of nitriles is 1. The third-order valence-corrected chi connectivity index (χ3v) is 6.35. The maximum absolute atomic E-state index is 13.3. The van der Waals surface area contributed by atoms with Gasteiger partial charge in [-0.3, -0.25) is 9.69 Å². The normalized spacial score (nSPS) is 18.7. The second kappa shape index (κ2) is 10.4. The third-order valence-electron chi connectivity index (χ3n) is 6.35. The van der Waals surface area contributed by atoms with Gasteiger partial charge >= 0.3 is 12.4 Å². The fraction of sp³-hybridized carbons (Fsp3) is 0.360. The zero-order valence-corrected chi connectivity index (χ0v) is 19.9. The van der Waals surface area contributed by atoms with E-state index in [1.54, 1.807) is 0 Å². The van der Waals surface area contributed by atoms with Crippen LogP contribution in [0.3, 0.4) is 0 Å². The molecule has 38 heavy (non-hydrogen) atoms. The number of carbonyl (C=O) groups is 1. The molecule has 4 rings (SSSR count). The number of nitrogens with zero attached hydrogens (tertiary/aromatic N) is 4. The van der Waals surface area contributed by atoms with Crippen molar-refractivity contribution in [2.75, 3.05) is 11.9 Å². The highest BCUT2D eigenvalue weighted by atomic mass is 19.4. The minimum atomic E-state index is -4.73. The smallest absolute Gasteiger partial charge is 0.334 e. The fourth-order valence-electron chi connectivity index (χ4n) is 4.34. The highest BCUT2D eigenvalue weighted by Gasteiger charge is 2.35. The van der Waals surface area contributed by atoms with E-state index in [1.807, 2.05) is 11.8 Å². The Bertz CT molecular complexity index is 1360. The van der Waals surface area contributed by atoms with Crippen molar-refractivity contribution in [1.82, 2.24) is 15.0 Å². The van der Waals surface area contributed by atoms with Gasteiger partial charge in [-0.2, -0.15) is 36.6 Å². The molecular weight excluding hydrogens is 516 g/mol. The second-order valence-electron chi connectivity index (χ2n) is 8.99. The van der Waals surface area contributed by atoms with Crippen LogP contribution < -0.4 is 5.32 Å². The van der Waals surface area contributed by atoms with Crippen molar-refractivity contribution < 1.29 is 35.7 Å². The predicted molar refractivity (Wildman–Crippen MR) is 122 cm³/mol. The Labute approximate surface area is 213 Å². The van der Waals surface area contributed by atoms with Crippen LogP contribution in [0.4, 0.5) is 32.0 Å². The van der Waals surface area contributed by atoms with Gasteiger partial charge < -0.3 is 9.84 Å². The SMILES string of the molecule is CC1CC(C(=O)Nc2cccc(C(F)(F)F)c2)CCN1Cc1noc(-c2ccc(C#N)c(C(F)(F)F)c2)n1. The van der Waals surface area contributed by atoms with Gasteiger partial charge in [0.1, 0.15) is 0 Å². The van der Waals surface area contributed by atoms with Crippen molar-refractivity contribution in [2.45, 2.75) is 44.7 Å². The number of hydrogen-bond donors (Lipinski definition) is 1. The summed E-state index contributed by atoms with van der Waals surface area (Å²) in [5.41, 5.74) is -2.39. The minimum absolute atomic E-state index is 0.0214. The first-order valence-electron chi connectivity index (χ1n) is 11.5. The van der Waals surface area contributed by atoms with Crippen LogP contribution in [-0.2, 0) is 23.7 Å². The van der Waals surface area contributed by atoms with E-state index in [0.29, 0.717) is 19.4 Å². The Morgan fingerprint density at radius 3 is 2.58 bits per heavy atom. The van der Waals surface area contributed by atoms with Crippen molar-refractivity contribution in [1.29, 1.82) is 5.26 Å². The summed E-state index contributed by atoms with van der Waals surface area (Å²) >= 11 is 0. The molecule has 3 aromatic rings. The first-order chi connectivity index (χ1) is 17.8. The van der Waals surface area contributed by atoms with Gasteiger partial charge in [-0.15, -0.1) is 0 Å². The summed E-state index contributed by atoms with van der Waals surface area (Å²) < 4.78 is 83.7. The number of amides is 1. The van der Waals surface area contributed by atoms with Gasteiger partial charge in [-0.25, -0.2) is 0 Å². The molecule has 200 valence electrons. The average molecular weight is 537 g/mol. The number of rotatable bonds is 5. The molecule has 2 aromatic carbocycles. The van der Waals surface area contributed by atoms with Crippen molar-refractivity contribution >= 4 is 11.6 Å². The van der Waals surface area contributed by atoms with E-state index in [0.717, 1.165) is 24.3 Å². The standard InChI is InChI=1S/C25H21F6N5O2/c1-14-9-15(22(37)33-19-4-2-3-18(11-19)24(26,27)28)7-8-36(14)13-21-34-23(38-35-21)16-5-6-17(12-32)20(10-16)25(29,30)31/h2-6,10-11,14-15H,7-9,13H2,1H3,(H,33,37). The van der Waals surface area contributed by atoms with Gasteiger partial charge in [0.05, 0.1) is 29.3 Å². The Kier molecular flexibility index (Phi) is 7.46. The van der Waals surface area contributed by atoms with E-state index in [9.17, 15) is 31.1 Å². The van der Waals surface area contributed by atoms with Crippen LogP contribution in [-0.4, -0.2) is 33.5 Å². The summed E-state index contributed by atoms with van der Waals surface area (Å²) in [6, 6.07) is 8.95. The van der Waals surface area contributed by atoms with Gasteiger partial charge in [0.15, 0.2) is 5.82 Å². The second-order valence-corrected chi connectivity index (χ2v) is 8.99. The van der Waals surface area contributed by atoms with Gasteiger partial charge in [-0.1, -0.05) is 11.2 Å². The highest BCUT2D eigenvalue weighted by Crippen LogP contribution is 2.35. The summed E-state index contributed by atoms with van der Waals surface area (Å²) in [5, 5.41) is 15.4. The highest BCUT2D eigenvalue weighted by molar-refractivity contribution is 5.92. The number of alkyl halides is 6. The quantitative estimate of drug-likeness (QED) is 0.408. The van der Waals surface area contributed by atoms with Crippen molar-refractivity contribution in [2.24, 2.45) is 5.92 Å². The lowest BCUT2D eigenvalue weighted by molar-refractivity contribution is -0.138. The van der Waals surface area contributed by atoms with Gasteiger partial charge in [0, 0.05) is 23.2 Å². The molecular formula is C25H21F6N5O2. The number of likely N-dealkylation sites (tertiary alicyclic amines) is 1. The predicted octanol–water partition coefficient (Wildman–Crippen LogP) is 5.89. The zero-order valence-electron chi connectivity index (χ0n) is 19.9. The molecule has 2 atom stereocenters. The first-order valence-corrected chi connectivity index (χ1v) is 11.5. The number of carbonyl (C=O) groups excluding carboxylic acids is 1. The number of hydrogen-bond acceptors (Lipinski definition) is 6. The van der Waals surface area contributed by atoms with Crippen LogP contribution >= 0.6 is 0 Å². The van der Waals surface area contributed by atoms with Crippen LogP contribution in [0.15, 0.2) is 47.0 Å². The number of aromatic nitrogens is 2. The molecule has 0 aliphatic carbocycles. The molecule has 0 saturated carbocycles. The summed E-state index contributed by atoms with van der Waals surface area (Å²) in [7, 11) is 0. The average Bonchev–Trinajstić information content (AvgIpc) is 3.32. The molecule has 1 aliphatic rings. The largest absolute Gasteiger partial charge is 0.417 e. The van der Waals surface area contributed by atoms with E-state index in [2.05, 4.69) is 15.5 Å². The van der Waals surface area contributed by atoms with Gasteiger partial charge in [0.25, 0.3) is 5.89 Å². The Morgan fingerprint density at radius 1 is 1.16 bits per heavy atom. The molecule has 2 heterocycles. The van der Waals surface area contributed by atoms with Crippen LogP contribution in [0.1, 0.15) is 42.3 Å².